The van der Waals surface area contributed by atoms with Gasteiger partial charge >= 0.3 is 0 Å². The molecule has 2 N–H and O–H groups in total. The van der Waals surface area contributed by atoms with E-state index >= 15 is 0 Å². The highest BCUT2D eigenvalue weighted by Gasteiger charge is 2.22. The van der Waals surface area contributed by atoms with Crippen LogP contribution in [0.5, 0.6) is 0 Å². The third kappa shape index (κ3) is 1.13. The first-order chi connectivity index (χ1) is 5.68. The highest BCUT2D eigenvalue weighted by Crippen LogP contribution is 2.33. The first kappa shape index (κ1) is 8.08. The predicted molar refractivity (Wildman–Crippen MR) is 54.3 cm³/mol. The summed E-state index contributed by atoms with van der Waals surface area (Å²) in [6.45, 7) is 0.922. The minimum absolute atomic E-state index is 0.169. The van der Waals surface area contributed by atoms with E-state index in [0.717, 1.165) is 11.0 Å². The minimum atomic E-state index is 0.169. The molecule has 1 aliphatic rings. The number of fused-ring (bicyclic) bond motifs is 1. The van der Waals surface area contributed by atoms with Gasteiger partial charge in [0.15, 0.2) is 0 Å². The second-order valence-electron chi connectivity index (χ2n) is 3.19. The monoisotopic (exact) mass is 226 g/mol. The molecular weight excluding hydrogens is 216 g/mol. The van der Waals surface area contributed by atoms with Crippen molar-refractivity contribution < 1.29 is 0 Å². The Kier molecular flexibility index (Phi) is 1.85. The Labute approximate surface area is 80.5 Å². The molecule has 0 saturated heterocycles. The number of anilines is 1. The molecule has 1 aliphatic heterocycles. The zero-order chi connectivity index (χ0) is 8.72. The molecule has 1 unspecified atom stereocenters. The molecule has 0 amide bonds. The van der Waals surface area contributed by atoms with Gasteiger partial charge in [0.1, 0.15) is 0 Å². The van der Waals surface area contributed by atoms with Gasteiger partial charge in [-0.25, -0.2) is 0 Å². The van der Waals surface area contributed by atoms with Gasteiger partial charge in [0.05, 0.1) is 0 Å². The fraction of sp³-hybridized carbons (Fsp3) is 0.333. The molecule has 1 aromatic rings. The van der Waals surface area contributed by atoms with Crippen molar-refractivity contribution in [2.45, 2.75) is 6.04 Å². The van der Waals surface area contributed by atoms with Crippen LogP contribution in [0, 0.1) is 0 Å². The van der Waals surface area contributed by atoms with E-state index in [0.29, 0.717) is 0 Å². The predicted octanol–water partition coefficient (Wildman–Crippen LogP) is 1.90. The molecule has 1 heterocycles. The largest absolute Gasteiger partial charge is 0.372 e. The number of halogens is 1. The first-order valence-corrected chi connectivity index (χ1v) is 4.74. The molecule has 0 fully saturated rings. The molecule has 0 bridgehead atoms. The molecule has 1 atom stereocenters. The van der Waals surface area contributed by atoms with Crippen molar-refractivity contribution in [1.29, 1.82) is 0 Å². The van der Waals surface area contributed by atoms with Crippen LogP contribution in [-0.4, -0.2) is 13.6 Å². The fourth-order valence-corrected chi connectivity index (χ4v) is 2.04. The first-order valence-electron chi connectivity index (χ1n) is 3.94. The molecular formula is C9H11BrN2. The second kappa shape index (κ2) is 2.75. The summed E-state index contributed by atoms with van der Waals surface area (Å²) in [7, 11) is 2.07. The van der Waals surface area contributed by atoms with Gasteiger partial charge in [-0.2, -0.15) is 0 Å². The highest BCUT2D eigenvalue weighted by atomic mass is 79.9. The molecule has 0 aromatic heterocycles. The topological polar surface area (TPSA) is 29.3 Å². The Bertz CT molecular complexity index is 311. The molecule has 0 radical (unpaired) electrons. The van der Waals surface area contributed by atoms with Crippen molar-refractivity contribution in [3.05, 3.63) is 28.2 Å². The lowest BCUT2D eigenvalue weighted by atomic mass is 10.1. The van der Waals surface area contributed by atoms with Gasteiger partial charge in [-0.05, 0) is 23.8 Å². The normalized spacial score (nSPS) is 21.2. The van der Waals surface area contributed by atoms with Crippen LogP contribution in [0.1, 0.15) is 11.6 Å². The number of nitrogens with two attached hydrogens (primary N) is 1. The van der Waals surface area contributed by atoms with Crippen LogP contribution in [0.15, 0.2) is 22.7 Å². The number of likely N-dealkylation sites (N-methyl/N-ethyl adjacent to an activating group) is 1. The van der Waals surface area contributed by atoms with E-state index in [4.69, 9.17) is 5.73 Å². The summed E-state index contributed by atoms with van der Waals surface area (Å²) in [4.78, 5) is 2.19. The van der Waals surface area contributed by atoms with Crippen molar-refractivity contribution in [1.82, 2.24) is 0 Å². The third-order valence-corrected chi connectivity index (χ3v) is 2.76. The van der Waals surface area contributed by atoms with Crippen LogP contribution >= 0.6 is 15.9 Å². The molecule has 1 aromatic carbocycles. The summed E-state index contributed by atoms with van der Waals surface area (Å²) in [5.41, 5.74) is 8.44. The standard InChI is InChI=1S/C9H11BrN2/c1-12-5-8(11)7-4-6(10)2-3-9(7)12/h2-4,8H,5,11H2,1H3. The maximum Gasteiger partial charge on any atom is 0.0494 e. The van der Waals surface area contributed by atoms with Gasteiger partial charge in [-0.3, -0.25) is 0 Å². The molecule has 0 saturated carbocycles. The maximum absolute atomic E-state index is 5.94. The quantitative estimate of drug-likeness (QED) is 0.733. The van der Waals surface area contributed by atoms with E-state index in [1.165, 1.54) is 11.3 Å². The summed E-state index contributed by atoms with van der Waals surface area (Å²) in [5.74, 6) is 0. The van der Waals surface area contributed by atoms with Crippen molar-refractivity contribution in [3.63, 3.8) is 0 Å². The second-order valence-corrected chi connectivity index (χ2v) is 4.11. The Hall–Kier alpha value is -0.540. The lowest BCUT2D eigenvalue weighted by molar-refractivity contribution is 0.760. The SMILES string of the molecule is CN1CC(N)c2cc(Br)ccc21. The van der Waals surface area contributed by atoms with E-state index in [1.54, 1.807) is 0 Å². The lowest BCUT2D eigenvalue weighted by Crippen LogP contribution is -2.19. The minimum Gasteiger partial charge on any atom is -0.372 e. The van der Waals surface area contributed by atoms with E-state index in [1.807, 2.05) is 6.07 Å². The number of hydrogen-bond acceptors (Lipinski definition) is 2. The van der Waals surface area contributed by atoms with Crippen LogP contribution in [-0.2, 0) is 0 Å². The van der Waals surface area contributed by atoms with Gasteiger partial charge in [0.25, 0.3) is 0 Å². The van der Waals surface area contributed by atoms with E-state index < -0.39 is 0 Å². The number of nitrogens with zero attached hydrogens (tertiary/aromatic N) is 1. The zero-order valence-electron chi connectivity index (χ0n) is 6.92. The van der Waals surface area contributed by atoms with Crippen LogP contribution in [0.3, 0.4) is 0 Å². The van der Waals surface area contributed by atoms with Crippen molar-refractivity contribution in [2.75, 3.05) is 18.5 Å². The molecule has 0 spiro atoms. The maximum atomic E-state index is 5.94. The third-order valence-electron chi connectivity index (χ3n) is 2.27. The zero-order valence-corrected chi connectivity index (χ0v) is 8.51. The Morgan fingerprint density at radius 1 is 1.58 bits per heavy atom. The molecule has 64 valence electrons. The van der Waals surface area contributed by atoms with Crippen molar-refractivity contribution in [2.24, 2.45) is 5.73 Å². The van der Waals surface area contributed by atoms with Gasteiger partial charge in [-0.1, -0.05) is 15.9 Å². The van der Waals surface area contributed by atoms with E-state index in [2.05, 4.69) is 40.0 Å². The fourth-order valence-electron chi connectivity index (χ4n) is 1.66. The van der Waals surface area contributed by atoms with Gasteiger partial charge in [0, 0.05) is 29.8 Å². The summed E-state index contributed by atoms with van der Waals surface area (Å²) in [5, 5.41) is 0. The molecule has 0 aliphatic carbocycles. The van der Waals surface area contributed by atoms with E-state index in [9.17, 15) is 0 Å². The van der Waals surface area contributed by atoms with Crippen LogP contribution < -0.4 is 10.6 Å². The smallest absolute Gasteiger partial charge is 0.0494 e. The molecule has 2 rings (SSSR count). The number of hydrogen-bond donors (Lipinski definition) is 1. The number of benzene rings is 1. The summed E-state index contributed by atoms with van der Waals surface area (Å²) in [6.07, 6.45) is 0. The van der Waals surface area contributed by atoms with Gasteiger partial charge < -0.3 is 10.6 Å². The van der Waals surface area contributed by atoms with Gasteiger partial charge in [-0.15, -0.1) is 0 Å². The highest BCUT2D eigenvalue weighted by molar-refractivity contribution is 9.10. The van der Waals surface area contributed by atoms with Crippen LogP contribution in [0.4, 0.5) is 5.69 Å². The van der Waals surface area contributed by atoms with Crippen molar-refractivity contribution >= 4 is 21.6 Å². The summed E-state index contributed by atoms with van der Waals surface area (Å²) in [6, 6.07) is 6.42. The molecule has 3 heteroatoms. The Morgan fingerprint density at radius 2 is 2.33 bits per heavy atom. The average molecular weight is 227 g/mol. The molecule has 12 heavy (non-hydrogen) atoms. The average Bonchev–Trinajstić information content (AvgIpc) is 2.28. The Balaban J connectivity index is 2.53. The number of rotatable bonds is 0. The lowest BCUT2D eigenvalue weighted by Gasteiger charge is -2.10. The van der Waals surface area contributed by atoms with Crippen LogP contribution in [0.2, 0.25) is 0 Å². The Morgan fingerprint density at radius 3 is 3.08 bits per heavy atom. The van der Waals surface area contributed by atoms with Crippen molar-refractivity contribution in [3.8, 4) is 0 Å². The molecule has 2 nitrogen and oxygen atoms in total. The summed E-state index contributed by atoms with van der Waals surface area (Å²) < 4.78 is 1.10. The van der Waals surface area contributed by atoms with Gasteiger partial charge in [0.2, 0.25) is 0 Å². The van der Waals surface area contributed by atoms with Crippen LogP contribution in [0.25, 0.3) is 0 Å². The summed E-state index contributed by atoms with van der Waals surface area (Å²) >= 11 is 3.44. The van der Waals surface area contributed by atoms with E-state index in [-0.39, 0.29) is 6.04 Å².